The van der Waals surface area contributed by atoms with Crippen LogP contribution in [0, 0.1) is 23.5 Å². The highest BCUT2D eigenvalue weighted by atomic mass is 32.2. The minimum atomic E-state index is -3.53. The Bertz CT molecular complexity index is 2120. The number of benzene rings is 2. The van der Waals surface area contributed by atoms with Crippen molar-refractivity contribution in [3.8, 4) is 0 Å². The zero-order valence-electron chi connectivity index (χ0n) is 33.2. The van der Waals surface area contributed by atoms with Crippen molar-refractivity contribution in [1.29, 1.82) is 0 Å². The number of imidazole rings is 2. The highest BCUT2D eigenvalue weighted by molar-refractivity contribution is 7.91. The van der Waals surface area contributed by atoms with E-state index in [1.165, 1.54) is 60.3 Å². The normalized spacial score (nSPS) is 18.9. The molecule has 3 aliphatic heterocycles. The summed E-state index contributed by atoms with van der Waals surface area (Å²) in [4.78, 5) is 17.6. The molecule has 0 amide bonds. The second-order valence-electron chi connectivity index (χ2n) is 15.7. The predicted octanol–water partition coefficient (Wildman–Crippen LogP) is 6.66. The summed E-state index contributed by atoms with van der Waals surface area (Å²) in [5.41, 5.74) is 4.53. The molecular weight excluding hydrogens is 765 g/mol. The van der Waals surface area contributed by atoms with E-state index in [-0.39, 0.29) is 23.7 Å². The molecule has 3 saturated heterocycles. The summed E-state index contributed by atoms with van der Waals surface area (Å²) in [6, 6.07) is 13.6. The SMILES string of the molecule is C[C@H](c1ccc(F)cc1)n1cncc1CC1CCN(S(=O)(=O)c2cnc(N3CCN(C)CC3)s2)CC1.C[C@H](c1ccc(F)cc1)n1cncc1CC1CCNCC1. The van der Waals surface area contributed by atoms with Crippen LogP contribution in [0.4, 0.5) is 13.9 Å². The van der Waals surface area contributed by atoms with Gasteiger partial charge in [0.2, 0.25) is 0 Å². The third-order valence-corrected chi connectivity index (χ3v) is 15.3. The molecule has 0 radical (unpaired) electrons. The molecule has 57 heavy (non-hydrogen) atoms. The smallest absolute Gasteiger partial charge is 0.254 e. The molecule has 11 nitrogen and oxygen atoms in total. The largest absolute Gasteiger partial charge is 0.345 e. The van der Waals surface area contributed by atoms with E-state index in [1.54, 1.807) is 4.31 Å². The Hall–Kier alpha value is -4.02. The number of hydrogen-bond acceptors (Lipinski definition) is 9. The Balaban J connectivity index is 0.000000200. The van der Waals surface area contributed by atoms with E-state index in [9.17, 15) is 17.2 Å². The molecule has 0 aliphatic carbocycles. The number of nitrogens with zero attached hydrogens (tertiary/aromatic N) is 8. The van der Waals surface area contributed by atoms with Gasteiger partial charge in [-0.15, -0.1) is 0 Å². The lowest BCUT2D eigenvalue weighted by Crippen LogP contribution is -2.44. The second kappa shape index (κ2) is 18.7. The Morgan fingerprint density at radius 2 is 1.21 bits per heavy atom. The van der Waals surface area contributed by atoms with Crippen LogP contribution < -0.4 is 10.2 Å². The van der Waals surface area contributed by atoms with Crippen molar-refractivity contribution >= 4 is 26.5 Å². The van der Waals surface area contributed by atoms with Crippen molar-refractivity contribution in [3.63, 3.8) is 0 Å². The van der Waals surface area contributed by atoms with Gasteiger partial charge >= 0.3 is 0 Å². The average molecular weight is 820 g/mol. The molecular formula is C42H55F2N9O2S2. The van der Waals surface area contributed by atoms with Crippen LogP contribution in [-0.2, 0) is 22.9 Å². The van der Waals surface area contributed by atoms with Crippen molar-refractivity contribution in [2.24, 2.45) is 11.8 Å². The number of nitrogens with one attached hydrogen (secondary N) is 1. The van der Waals surface area contributed by atoms with Crippen molar-refractivity contribution in [2.45, 2.75) is 68.7 Å². The molecule has 3 aromatic heterocycles. The van der Waals surface area contributed by atoms with Crippen molar-refractivity contribution in [1.82, 2.24) is 38.6 Å². The van der Waals surface area contributed by atoms with E-state index in [2.05, 4.69) is 60.1 Å². The van der Waals surface area contributed by atoms with Gasteiger partial charge in [0.05, 0.1) is 30.9 Å². The van der Waals surface area contributed by atoms with Gasteiger partial charge in [0.15, 0.2) is 9.34 Å². The molecule has 0 unspecified atom stereocenters. The molecule has 15 heteroatoms. The number of likely N-dealkylation sites (N-methyl/N-ethyl adjacent to an activating group) is 1. The standard InChI is InChI=1S/C25H33FN6O2S2.C17H22FN3/c1-19(21-3-5-22(26)6-4-21)32-18-27-16-23(32)15-20-7-9-31(10-8-20)36(33,34)24-17-28-25(35-24)30-13-11-29(2)12-14-30;1-13(15-2-4-16(18)5-3-15)21-12-20-11-17(21)10-14-6-8-19-9-7-14/h3-6,16-20H,7-15H2,1-2H3;2-5,11-14,19H,6-10H2,1H3/t19-;13-/m11/s1. The van der Waals surface area contributed by atoms with Crippen LogP contribution in [0.1, 0.15) is 74.1 Å². The summed E-state index contributed by atoms with van der Waals surface area (Å²) in [7, 11) is -1.44. The van der Waals surface area contributed by atoms with Gasteiger partial charge in [0.25, 0.3) is 10.0 Å². The van der Waals surface area contributed by atoms with Crippen LogP contribution >= 0.6 is 11.3 Å². The van der Waals surface area contributed by atoms with Gasteiger partial charge in [-0.25, -0.2) is 32.2 Å². The molecule has 0 saturated carbocycles. The number of anilines is 1. The van der Waals surface area contributed by atoms with E-state index in [4.69, 9.17) is 0 Å². The highest BCUT2D eigenvalue weighted by Crippen LogP contribution is 2.33. The highest BCUT2D eigenvalue weighted by Gasteiger charge is 2.32. The molecule has 8 rings (SSSR count). The van der Waals surface area contributed by atoms with Crippen LogP contribution in [0.25, 0.3) is 0 Å². The lowest BCUT2D eigenvalue weighted by Gasteiger charge is -2.32. The fourth-order valence-corrected chi connectivity index (χ4v) is 10.9. The van der Waals surface area contributed by atoms with E-state index >= 15 is 0 Å². The monoisotopic (exact) mass is 819 g/mol. The molecule has 3 fully saturated rings. The lowest BCUT2D eigenvalue weighted by molar-refractivity contribution is 0.270. The Morgan fingerprint density at radius 3 is 1.72 bits per heavy atom. The summed E-state index contributed by atoms with van der Waals surface area (Å²) in [5, 5.41) is 4.20. The van der Waals surface area contributed by atoms with Gasteiger partial charge < -0.3 is 24.3 Å². The number of hydrogen-bond donors (Lipinski definition) is 1. The third kappa shape index (κ3) is 10.2. The zero-order chi connectivity index (χ0) is 39.9. The van der Waals surface area contributed by atoms with E-state index in [0.29, 0.717) is 23.2 Å². The number of thiazole rings is 1. The zero-order valence-corrected chi connectivity index (χ0v) is 34.8. The minimum absolute atomic E-state index is 0.0457. The molecule has 6 heterocycles. The third-order valence-electron chi connectivity index (χ3n) is 11.9. The number of piperidine rings is 2. The Labute approximate surface area is 339 Å². The summed E-state index contributed by atoms with van der Waals surface area (Å²) in [6.45, 7) is 11.1. The van der Waals surface area contributed by atoms with Crippen molar-refractivity contribution in [2.75, 3.05) is 64.3 Å². The maximum absolute atomic E-state index is 13.3. The van der Waals surface area contributed by atoms with E-state index in [1.807, 2.05) is 49.3 Å². The summed E-state index contributed by atoms with van der Waals surface area (Å²) >= 11 is 1.28. The van der Waals surface area contributed by atoms with Gasteiger partial charge in [0, 0.05) is 63.1 Å². The van der Waals surface area contributed by atoms with Crippen molar-refractivity contribution in [3.05, 3.63) is 114 Å². The Kier molecular flexibility index (Phi) is 13.5. The lowest BCUT2D eigenvalue weighted by atomic mass is 9.93. The van der Waals surface area contributed by atoms with E-state index in [0.717, 1.165) is 92.8 Å². The topological polar surface area (TPSA) is 104 Å². The number of sulfonamides is 1. The Morgan fingerprint density at radius 1 is 0.719 bits per heavy atom. The van der Waals surface area contributed by atoms with Crippen LogP contribution in [0.5, 0.6) is 0 Å². The van der Waals surface area contributed by atoms with Crippen LogP contribution in [-0.4, -0.2) is 101 Å². The van der Waals surface area contributed by atoms with Crippen molar-refractivity contribution < 1.29 is 17.2 Å². The first kappa shape index (κ1) is 41.2. The second-order valence-corrected chi connectivity index (χ2v) is 18.9. The molecule has 1 N–H and O–H groups in total. The average Bonchev–Trinajstić information content (AvgIpc) is 4.02. The van der Waals surface area contributed by atoms with Crippen LogP contribution in [0.15, 0.2) is 84.0 Å². The molecule has 5 aromatic rings. The van der Waals surface area contributed by atoms with Gasteiger partial charge in [-0.2, -0.15) is 4.31 Å². The van der Waals surface area contributed by atoms with Gasteiger partial charge in [-0.05, 0) is 120 Å². The van der Waals surface area contributed by atoms with Crippen LogP contribution in [0.2, 0.25) is 0 Å². The fraction of sp³-hybridized carbons (Fsp3) is 0.500. The maximum atomic E-state index is 13.3. The molecule has 0 bridgehead atoms. The van der Waals surface area contributed by atoms with Gasteiger partial charge in [-0.1, -0.05) is 35.6 Å². The fourth-order valence-electron chi connectivity index (χ4n) is 8.15. The van der Waals surface area contributed by atoms with Gasteiger partial charge in [-0.3, -0.25) is 0 Å². The maximum Gasteiger partial charge on any atom is 0.254 e. The van der Waals surface area contributed by atoms with E-state index < -0.39 is 10.0 Å². The van der Waals surface area contributed by atoms with Gasteiger partial charge in [0.1, 0.15) is 11.6 Å². The number of rotatable bonds is 11. The van der Waals surface area contributed by atoms with Crippen LogP contribution in [0.3, 0.4) is 0 Å². The molecule has 306 valence electrons. The predicted molar refractivity (Wildman–Crippen MR) is 221 cm³/mol. The summed E-state index contributed by atoms with van der Waals surface area (Å²) in [5.74, 6) is 0.690. The first-order valence-electron chi connectivity index (χ1n) is 20.2. The molecule has 2 atom stereocenters. The summed E-state index contributed by atoms with van der Waals surface area (Å²) in [6.07, 6.45) is 15.1. The number of halogens is 2. The minimum Gasteiger partial charge on any atom is -0.345 e. The number of piperazine rings is 1. The number of aromatic nitrogens is 5. The molecule has 0 spiro atoms. The first-order chi connectivity index (χ1) is 27.5. The summed E-state index contributed by atoms with van der Waals surface area (Å²) < 4.78 is 59.3. The quantitative estimate of drug-likeness (QED) is 0.158. The molecule has 2 aromatic carbocycles. The molecule has 3 aliphatic rings. The first-order valence-corrected chi connectivity index (χ1v) is 22.4.